The Hall–Kier alpha value is -0.700. The van der Waals surface area contributed by atoms with Crippen molar-refractivity contribution in [1.82, 2.24) is 0 Å². The highest BCUT2D eigenvalue weighted by Crippen LogP contribution is 2.23. The third kappa shape index (κ3) is 4.56. The average Bonchev–Trinajstić information content (AvgIpc) is 2.18. The lowest BCUT2D eigenvalue weighted by Crippen LogP contribution is -1.91. The molecule has 0 aliphatic carbocycles. The van der Waals surface area contributed by atoms with Crippen LogP contribution in [0.15, 0.2) is 23.1 Å². The Morgan fingerprint density at radius 1 is 1.40 bits per heavy atom. The SMILES string of the molecule is CC(C)CCCSc1ccc(N)c(F)c1. The first-order chi connectivity index (χ1) is 7.09. The normalized spacial score (nSPS) is 10.9. The zero-order chi connectivity index (χ0) is 11.3. The van der Waals surface area contributed by atoms with Gasteiger partial charge in [0.15, 0.2) is 0 Å². The molecule has 0 aromatic heterocycles. The lowest BCUT2D eigenvalue weighted by atomic mass is 10.1. The number of rotatable bonds is 5. The first-order valence-corrected chi connectivity index (χ1v) is 6.26. The van der Waals surface area contributed by atoms with Gasteiger partial charge in [-0.05, 0) is 36.3 Å². The molecule has 15 heavy (non-hydrogen) atoms. The van der Waals surface area contributed by atoms with Crippen molar-refractivity contribution in [2.75, 3.05) is 11.5 Å². The lowest BCUT2D eigenvalue weighted by Gasteiger charge is -2.05. The first kappa shape index (κ1) is 12.4. The number of hydrogen-bond acceptors (Lipinski definition) is 2. The molecule has 1 nitrogen and oxygen atoms in total. The van der Waals surface area contributed by atoms with Gasteiger partial charge in [-0.25, -0.2) is 4.39 Å². The highest BCUT2D eigenvalue weighted by Gasteiger charge is 2.01. The molecular formula is C12H18FNS. The molecule has 1 aromatic rings. The fourth-order valence-electron chi connectivity index (χ4n) is 1.28. The van der Waals surface area contributed by atoms with Gasteiger partial charge in [0, 0.05) is 4.90 Å². The Morgan fingerprint density at radius 3 is 2.73 bits per heavy atom. The average molecular weight is 227 g/mol. The third-order valence-corrected chi connectivity index (χ3v) is 3.25. The number of halogens is 1. The predicted octanol–water partition coefficient (Wildman–Crippen LogP) is 3.94. The second kappa shape index (κ2) is 6.01. The number of benzene rings is 1. The third-order valence-electron chi connectivity index (χ3n) is 2.17. The molecule has 0 aliphatic heterocycles. The summed E-state index contributed by atoms with van der Waals surface area (Å²) in [5.41, 5.74) is 5.62. The summed E-state index contributed by atoms with van der Waals surface area (Å²) >= 11 is 1.69. The number of anilines is 1. The quantitative estimate of drug-likeness (QED) is 0.468. The Kier molecular flexibility index (Phi) is 4.95. The maximum absolute atomic E-state index is 13.1. The van der Waals surface area contributed by atoms with Gasteiger partial charge < -0.3 is 5.73 Å². The van der Waals surface area contributed by atoms with E-state index in [1.54, 1.807) is 17.8 Å². The highest BCUT2D eigenvalue weighted by molar-refractivity contribution is 7.99. The molecule has 1 rings (SSSR count). The largest absolute Gasteiger partial charge is 0.396 e. The molecule has 0 aliphatic rings. The molecule has 0 heterocycles. The van der Waals surface area contributed by atoms with E-state index in [1.165, 1.54) is 18.9 Å². The van der Waals surface area contributed by atoms with Crippen molar-refractivity contribution in [2.45, 2.75) is 31.6 Å². The van der Waals surface area contributed by atoms with Crippen molar-refractivity contribution in [2.24, 2.45) is 5.92 Å². The van der Waals surface area contributed by atoms with Crippen LogP contribution in [-0.4, -0.2) is 5.75 Å². The maximum Gasteiger partial charge on any atom is 0.147 e. The fraction of sp³-hybridized carbons (Fsp3) is 0.500. The molecular weight excluding hydrogens is 209 g/mol. The number of hydrogen-bond donors (Lipinski definition) is 1. The fourth-order valence-corrected chi connectivity index (χ4v) is 2.18. The summed E-state index contributed by atoms with van der Waals surface area (Å²) in [5, 5.41) is 0. The number of nitrogens with two attached hydrogens (primary N) is 1. The van der Waals surface area contributed by atoms with Crippen LogP contribution in [0.2, 0.25) is 0 Å². The van der Waals surface area contributed by atoms with Gasteiger partial charge in [-0.1, -0.05) is 20.3 Å². The summed E-state index contributed by atoms with van der Waals surface area (Å²) in [7, 11) is 0. The van der Waals surface area contributed by atoms with Gasteiger partial charge in [-0.2, -0.15) is 0 Å². The Balaban J connectivity index is 2.35. The van der Waals surface area contributed by atoms with E-state index >= 15 is 0 Å². The molecule has 2 N–H and O–H groups in total. The summed E-state index contributed by atoms with van der Waals surface area (Å²) in [6.45, 7) is 4.43. The van der Waals surface area contributed by atoms with Crippen LogP contribution in [0, 0.1) is 11.7 Å². The molecule has 0 radical (unpaired) electrons. The summed E-state index contributed by atoms with van der Waals surface area (Å²) < 4.78 is 13.1. The first-order valence-electron chi connectivity index (χ1n) is 5.27. The molecule has 0 atom stereocenters. The molecule has 3 heteroatoms. The zero-order valence-electron chi connectivity index (χ0n) is 9.29. The molecule has 84 valence electrons. The summed E-state index contributed by atoms with van der Waals surface area (Å²) in [4.78, 5) is 0.963. The summed E-state index contributed by atoms with van der Waals surface area (Å²) in [6.07, 6.45) is 2.40. The summed E-state index contributed by atoms with van der Waals surface area (Å²) in [5.74, 6) is 1.47. The molecule has 1 aromatic carbocycles. The van der Waals surface area contributed by atoms with E-state index in [1.807, 2.05) is 6.07 Å². The van der Waals surface area contributed by atoms with Crippen LogP contribution in [0.5, 0.6) is 0 Å². The minimum atomic E-state index is -0.316. The van der Waals surface area contributed by atoms with E-state index in [0.717, 1.165) is 16.6 Å². The van der Waals surface area contributed by atoms with Crippen molar-refractivity contribution in [1.29, 1.82) is 0 Å². The molecule has 0 saturated heterocycles. The van der Waals surface area contributed by atoms with Gasteiger partial charge in [0.25, 0.3) is 0 Å². The van der Waals surface area contributed by atoms with Crippen LogP contribution in [0.3, 0.4) is 0 Å². The monoisotopic (exact) mass is 227 g/mol. The van der Waals surface area contributed by atoms with Gasteiger partial charge >= 0.3 is 0 Å². The van der Waals surface area contributed by atoms with Crippen LogP contribution >= 0.6 is 11.8 Å². The van der Waals surface area contributed by atoms with Crippen LogP contribution < -0.4 is 5.73 Å². The van der Waals surface area contributed by atoms with E-state index in [2.05, 4.69) is 13.8 Å². The van der Waals surface area contributed by atoms with Crippen LogP contribution in [0.25, 0.3) is 0 Å². The van der Waals surface area contributed by atoms with E-state index in [0.29, 0.717) is 0 Å². The Labute approximate surface area is 95.2 Å². The van der Waals surface area contributed by atoms with E-state index in [4.69, 9.17) is 5.73 Å². The minimum absolute atomic E-state index is 0.224. The number of nitrogen functional groups attached to an aromatic ring is 1. The highest BCUT2D eigenvalue weighted by atomic mass is 32.2. The van der Waals surface area contributed by atoms with E-state index in [9.17, 15) is 4.39 Å². The van der Waals surface area contributed by atoms with Gasteiger partial charge in [0.1, 0.15) is 5.82 Å². The van der Waals surface area contributed by atoms with Crippen molar-refractivity contribution in [3.63, 3.8) is 0 Å². The molecule has 0 amide bonds. The zero-order valence-corrected chi connectivity index (χ0v) is 10.1. The maximum atomic E-state index is 13.1. The van der Waals surface area contributed by atoms with Crippen molar-refractivity contribution < 1.29 is 4.39 Å². The van der Waals surface area contributed by atoms with E-state index < -0.39 is 0 Å². The standard InChI is InChI=1S/C12H18FNS/c1-9(2)4-3-7-15-10-5-6-12(14)11(13)8-10/h5-6,8-9H,3-4,7,14H2,1-2H3. The number of thioether (sulfide) groups is 1. The van der Waals surface area contributed by atoms with Crippen LogP contribution in [0.4, 0.5) is 10.1 Å². The van der Waals surface area contributed by atoms with Crippen molar-refractivity contribution >= 4 is 17.4 Å². The van der Waals surface area contributed by atoms with Gasteiger partial charge in [0.05, 0.1) is 5.69 Å². The Bertz CT molecular complexity index is 312. The second-order valence-corrected chi connectivity index (χ2v) is 5.24. The lowest BCUT2D eigenvalue weighted by molar-refractivity contribution is 0.579. The summed E-state index contributed by atoms with van der Waals surface area (Å²) in [6, 6.07) is 5.01. The van der Waals surface area contributed by atoms with Crippen molar-refractivity contribution in [3.05, 3.63) is 24.0 Å². The molecule has 0 saturated carbocycles. The molecule has 0 fully saturated rings. The van der Waals surface area contributed by atoms with E-state index in [-0.39, 0.29) is 11.5 Å². The second-order valence-electron chi connectivity index (χ2n) is 4.07. The molecule has 0 bridgehead atoms. The smallest absolute Gasteiger partial charge is 0.147 e. The topological polar surface area (TPSA) is 26.0 Å². The van der Waals surface area contributed by atoms with Gasteiger partial charge in [0.2, 0.25) is 0 Å². The predicted molar refractivity (Wildman–Crippen MR) is 65.6 cm³/mol. The minimum Gasteiger partial charge on any atom is -0.396 e. The van der Waals surface area contributed by atoms with Crippen molar-refractivity contribution in [3.8, 4) is 0 Å². The Morgan fingerprint density at radius 2 is 2.13 bits per heavy atom. The van der Waals surface area contributed by atoms with Crippen LogP contribution in [0.1, 0.15) is 26.7 Å². The van der Waals surface area contributed by atoms with Gasteiger partial charge in [-0.3, -0.25) is 0 Å². The van der Waals surface area contributed by atoms with Gasteiger partial charge in [-0.15, -0.1) is 11.8 Å². The molecule has 0 unspecified atom stereocenters. The van der Waals surface area contributed by atoms with Crippen LogP contribution in [-0.2, 0) is 0 Å². The molecule has 0 spiro atoms.